The van der Waals surface area contributed by atoms with Crippen LogP contribution in [0.4, 0.5) is 0 Å². The zero-order chi connectivity index (χ0) is 7.28. The molecule has 0 unspecified atom stereocenters. The van der Waals surface area contributed by atoms with Gasteiger partial charge in [-0.2, -0.15) is 4.89 Å². The van der Waals surface area contributed by atoms with Gasteiger partial charge in [0.25, 0.3) is 0 Å². The minimum atomic E-state index is -0.662. The van der Waals surface area contributed by atoms with Crippen molar-refractivity contribution < 1.29 is 19.4 Å². The summed E-state index contributed by atoms with van der Waals surface area (Å²) in [5.41, 5.74) is 0. The molecular formula is C5H8O4. The van der Waals surface area contributed by atoms with E-state index in [9.17, 15) is 9.59 Å². The Bertz CT molecular complexity index is 118. The highest BCUT2D eigenvalue weighted by Gasteiger charge is 2.05. The summed E-state index contributed by atoms with van der Waals surface area (Å²) >= 11 is 0. The molecule has 0 heterocycles. The van der Waals surface area contributed by atoms with Gasteiger partial charge in [0.1, 0.15) is 12.2 Å². The molecule has 0 saturated carbocycles. The average Bonchev–Trinajstić information content (AvgIpc) is 1.63. The van der Waals surface area contributed by atoms with Gasteiger partial charge in [-0.05, 0) is 6.92 Å². The highest BCUT2D eigenvalue weighted by Crippen LogP contribution is 1.86. The average molecular weight is 132 g/mol. The maximum atomic E-state index is 10.3. The van der Waals surface area contributed by atoms with E-state index in [-0.39, 0.29) is 12.2 Å². The zero-order valence-corrected chi connectivity index (χ0v) is 5.34. The first kappa shape index (κ1) is 8.10. The molecule has 4 heteroatoms. The molecule has 0 rings (SSSR count). The van der Waals surface area contributed by atoms with Crippen LogP contribution in [-0.2, 0) is 19.4 Å². The molecule has 0 saturated heterocycles. The lowest BCUT2D eigenvalue weighted by atomic mass is 10.3. The van der Waals surface area contributed by atoms with Gasteiger partial charge < -0.3 is 0 Å². The topological polar surface area (TPSA) is 52.6 Å². The van der Waals surface area contributed by atoms with Gasteiger partial charge >= 0.3 is 5.97 Å². The second-order valence-electron chi connectivity index (χ2n) is 1.50. The molecule has 0 N–H and O–H groups in total. The number of hydrogen-bond donors (Lipinski definition) is 0. The van der Waals surface area contributed by atoms with E-state index in [0.717, 1.165) is 0 Å². The summed E-state index contributed by atoms with van der Waals surface area (Å²) in [5.74, 6) is -0.901. The lowest BCUT2D eigenvalue weighted by Gasteiger charge is -1.94. The third-order valence-corrected chi connectivity index (χ3v) is 0.570. The third kappa shape index (κ3) is 4.96. The molecule has 0 aliphatic carbocycles. The summed E-state index contributed by atoms with van der Waals surface area (Å²) in [6, 6.07) is 0. The predicted molar refractivity (Wildman–Crippen MR) is 28.4 cm³/mol. The molecule has 0 spiro atoms. The van der Waals surface area contributed by atoms with E-state index < -0.39 is 5.97 Å². The van der Waals surface area contributed by atoms with Crippen molar-refractivity contribution in [3.05, 3.63) is 0 Å². The Kier molecular flexibility index (Phi) is 3.62. The van der Waals surface area contributed by atoms with Crippen molar-refractivity contribution in [3.8, 4) is 0 Å². The molecule has 0 atom stereocenters. The molecule has 0 radical (unpaired) electrons. The highest BCUT2D eigenvalue weighted by atomic mass is 17.2. The Labute approximate surface area is 52.7 Å². The number of hydrogen-bond acceptors (Lipinski definition) is 4. The molecule has 0 aliphatic heterocycles. The van der Waals surface area contributed by atoms with Crippen molar-refractivity contribution in [2.45, 2.75) is 13.3 Å². The fraction of sp³-hybridized carbons (Fsp3) is 0.600. The van der Waals surface area contributed by atoms with Crippen molar-refractivity contribution in [2.75, 3.05) is 7.11 Å². The van der Waals surface area contributed by atoms with E-state index >= 15 is 0 Å². The number of ketones is 1. The van der Waals surface area contributed by atoms with E-state index in [0.29, 0.717) is 0 Å². The summed E-state index contributed by atoms with van der Waals surface area (Å²) in [5, 5.41) is 0. The molecule has 0 bridgehead atoms. The molecule has 4 nitrogen and oxygen atoms in total. The van der Waals surface area contributed by atoms with E-state index in [1.54, 1.807) is 0 Å². The number of rotatable bonds is 3. The first-order valence-electron chi connectivity index (χ1n) is 2.39. The lowest BCUT2D eigenvalue weighted by molar-refractivity contribution is -0.254. The van der Waals surface area contributed by atoms with Crippen LogP contribution in [-0.4, -0.2) is 18.9 Å². The van der Waals surface area contributed by atoms with Gasteiger partial charge in [0.05, 0.1) is 7.11 Å². The molecule has 52 valence electrons. The van der Waals surface area contributed by atoms with Crippen molar-refractivity contribution in [3.63, 3.8) is 0 Å². The Morgan fingerprint density at radius 2 is 2.00 bits per heavy atom. The summed E-state index contributed by atoms with van der Waals surface area (Å²) in [4.78, 5) is 28.5. The van der Waals surface area contributed by atoms with Crippen LogP contribution < -0.4 is 0 Å². The molecule has 0 aromatic rings. The molecule has 0 fully saturated rings. The zero-order valence-electron chi connectivity index (χ0n) is 5.34. The lowest BCUT2D eigenvalue weighted by Crippen LogP contribution is -2.07. The number of carbonyl (C=O) groups excluding carboxylic acids is 2. The molecular weight excluding hydrogens is 124 g/mol. The van der Waals surface area contributed by atoms with Gasteiger partial charge in [-0.25, -0.2) is 4.79 Å². The van der Waals surface area contributed by atoms with Crippen LogP contribution in [0, 0.1) is 0 Å². The molecule has 9 heavy (non-hydrogen) atoms. The van der Waals surface area contributed by atoms with Crippen molar-refractivity contribution >= 4 is 11.8 Å². The smallest absolute Gasteiger partial charge is 0.299 e. The Hall–Kier alpha value is -0.900. The van der Waals surface area contributed by atoms with Crippen LogP contribution in [0.2, 0.25) is 0 Å². The standard InChI is InChI=1S/C5H8O4/c1-4(6)3-5(7)9-8-2/h3H2,1-2H3. The van der Waals surface area contributed by atoms with Crippen LogP contribution in [0.3, 0.4) is 0 Å². The maximum Gasteiger partial charge on any atom is 0.349 e. The number of carbonyl (C=O) groups is 2. The second kappa shape index (κ2) is 4.03. The van der Waals surface area contributed by atoms with Crippen LogP contribution in [0.5, 0.6) is 0 Å². The van der Waals surface area contributed by atoms with Crippen LogP contribution in [0.15, 0.2) is 0 Å². The van der Waals surface area contributed by atoms with Crippen molar-refractivity contribution in [1.82, 2.24) is 0 Å². The monoisotopic (exact) mass is 132 g/mol. The molecule has 0 aromatic heterocycles. The van der Waals surface area contributed by atoms with Gasteiger partial charge in [-0.1, -0.05) is 0 Å². The van der Waals surface area contributed by atoms with Crippen LogP contribution >= 0.6 is 0 Å². The van der Waals surface area contributed by atoms with E-state index in [1.165, 1.54) is 14.0 Å². The van der Waals surface area contributed by atoms with Crippen LogP contribution in [0.25, 0.3) is 0 Å². The summed E-state index contributed by atoms with van der Waals surface area (Å²) in [6.45, 7) is 1.30. The SMILES string of the molecule is COOC(=O)CC(C)=O. The number of Topliss-reactive ketones (excluding diaryl/α,β-unsaturated/α-hetero) is 1. The first-order valence-corrected chi connectivity index (χ1v) is 2.39. The van der Waals surface area contributed by atoms with E-state index in [2.05, 4.69) is 9.78 Å². The third-order valence-electron chi connectivity index (χ3n) is 0.570. The largest absolute Gasteiger partial charge is 0.349 e. The Morgan fingerprint density at radius 1 is 1.44 bits per heavy atom. The fourth-order valence-electron chi connectivity index (χ4n) is 0.326. The van der Waals surface area contributed by atoms with Gasteiger partial charge in [0.2, 0.25) is 0 Å². The fourth-order valence-corrected chi connectivity index (χ4v) is 0.326. The highest BCUT2D eigenvalue weighted by molar-refractivity contribution is 5.93. The minimum Gasteiger partial charge on any atom is -0.299 e. The summed E-state index contributed by atoms with van der Waals surface area (Å²) in [7, 11) is 1.21. The quantitative estimate of drug-likeness (QED) is 0.310. The maximum absolute atomic E-state index is 10.3. The summed E-state index contributed by atoms with van der Waals surface area (Å²) in [6.07, 6.45) is -0.228. The van der Waals surface area contributed by atoms with E-state index in [4.69, 9.17) is 0 Å². The van der Waals surface area contributed by atoms with Crippen molar-refractivity contribution in [2.24, 2.45) is 0 Å². The normalized spacial score (nSPS) is 8.67. The molecule has 0 aromatic carbocycles. The van der Waals surface area contributed by atoms with E-state index in [1.807, 2.05) is 0 Å². The van der Waals surface area contributed by atoms with Gasteiger partial charge in [-0.15, -0.1) is 0 Å². The van der Waals surface area contributed by atoms with Gasteiger partial charge in [0.15, 0.2) is 0 Å². The van der Waals surface area contributed by atoms with Crippen LogP contribution in [0.1, 0.15) is 13.3 Å². The first-order chi connectivity index (χ1) is 4.16. The molecule has 0 amide bonds. The minimum absolute atomic E-state index is 0.228. The van der Waals surface area contributed by atoms with Crippen molar-refractivity contribution in [1.29, 1.82) is 0 Å². The Morgan fingerprint density at radius 3 is 2.33 bits per heavy atom. The van der Waals surface area contributed by atoms with Gasteiger partial charge in [-0.3, -0.25) is 9.68 Å². The Balaban J connectivity index is 3.39. The second-order valence-corrected chi connectivity index (χ2v) is 1.50. The summed E-state index contributed by atoms with van der Waals surface area (Å²) < 4.78 is 0. The molecule has 0 aliphatic rings. The predicted octanol–water partition coefficient (Wildman–Crippen LogP) is 0.0701. The van der Waals surface area contributed by atoms with Gasteiger partial charge in [0, 0.05) is 0 Å².